The second-order valence-corrected chi connectivity index (χ2v) is 7.23. The number of hydrogen-bond acceptors (Lipinski definition) is 6. The Labute approximate surface area is 143 Å². The Bertz CT molecular complexity index is 558. The molecule has 0 aromatic carbocycles. The Morgan fingerprint density at radius 3 is 2.50 bits per heavy atom. The third kappa shape index (κ3) is 3.49. The van der Waals surface area contributed by atoms with Crippen LogP contribution in [0.2, 0.25) is 0 Å². The van der Waals surface area contributed by atoms with E-state index in [2.05, 4.69) is 26.3 Å². The first-order chi connectivity index (χ1) is 11.7. The second kappa shape index (κ2) is 6.84. The molecule has 6 nitrogen and oxygen atoms in total. The molecule has 0 bridgehead atoms. The van der Waals surface area contributed by atoms with Gasteiger partial charge < -0.3 is 19.7 Å². The van der Waals surface area contributed by atoms with Crippen LogP contribution in [0.3, 0.4) is 0 Å². The first kappa shape index (κ1) is 16.1. The van der Waals surface area contributed by atoms with Crippen molar-refractivity contribution in [3.05, 3.63) is 11.9 Å². The van der Waals surface area contributed by atoms with Crippen molar-refractivity contribution >= 4 is 11.6 Å². The minimum absolute atomic E-state index is 0.332. The summed E-state index contributed by atoms with van der Waals surface area (Å²) in [5.41, 5.74) is 0. The largest absolute Gasteiger partial charge is 0.367 e. The van der Waals surface area contributed by atoms with E-state index >= 15 is 0 Å². The lowest BCUT2D eigenvalue weighted by atomic mass is 9.95. The zero-order valence-corrected chi connectivity index (χ0v) is 14.6. The van der Waals surface area contributed by atoms with E-state index in [4.69, 9.17) is 9.47 Å². The molecule has 0 amide bonds. The van der Waals surface area contributed by atoms with Crippen LogP contribution in [0.25, 0.3) is 0 Å². The quantitative estimate of drug-likeness (QED) is 0.918. The standard InChI is InChI=1S/C18H28N4O2/c1-14-19-16(21-15-5-3-2-4-6-15)13-17(20-14)22-9-7-18(8-10-22)23-11-12-24-18/h13,15H,2-12H2,1H3,(H,19,20,21). The van der Waals surface area contributed by atoms with E-state index in [0.29, 0.717) is 6.04 Å². The first-order valence-electron chi connectivity index (χ1n) is 9.38. The van der Waals surface area contributed by atoms with Crippen LogP contribution in [0.4, 0.5) is 11.6 Å². The molecule has 1 aliphatic carbocycles. The van der Waals surface area contributed by atoms with E-state index in [1.54, 1.807) is 0 Å². The number of piperidine rings is 1. The highest BCUT2D eigenvalue weighted by Crippen LogP contribution is 2.33. The van der Waals surface area contributed by atoms with Crippen LogP contribution in [0.15, 0.2) is 6.07 Å². The van der Waals surface area contributed by atoms with E-state index in [1.165, 1.54) is 32.1 Å². The zero-order chi connectivity index (χ0) is 16.4. The van der Waals surface area contributed by atoms with Gasteiger partial charge in [0.2, 0.25) is 0 Å². The zero-order valence-electron chi connectivity index (χ0n) is 14.6. The Hall–Kier alpha value is -1.40. The Balaban J connectivity index is 1.43. The predicted octanol–water partition coefficient (Wildman–Crippen LogP) is 2.87. The fraction of sp³-hybridized carbons (Fsp3) is 0.778. The normalized spacial score (nSPS) is 24.5. The summed E-state index contributed by atoms with van der Waals surface area (Å²) in [5.74, 6) is 2.49. The van der Waals surface area contributed by atoms with Gasteiger partial charge in [-0.25, -0.2) is 9.97 Å². The van der Waals surface area contributed by atoms with E-state index in [9.17, 15) is 0 Å². The summed E-state index contributed by atoms with van der Waals surface area (Å²) in [4.78, 5) is 11.6. The molecule has 2 saturated heterocycles. The Morgan fingerprint density at radius 2 is 1.79 bits per heavy atom. The number of ether oxygens (including phenoxy) is 2. The number of aromatic nitrogens is 2. The van der Waals surface area contributed by atoms with E-state index in [-0.39, 0.29) is 5.79 Å². The minimum atomic E-state index is -0.332. The summed E-state index contributed by atoms with van der Waals surface area (Å²) in [6, 6.07) is 2.67. The molecule has 2 aliphatic heterocycles. The van der Waals surface area contributed by atoms with Crippen molar-refractivity contribution in [2.45, 2.75) is 63.7 Å². The van der Waals surface area contributed by atoms with E-state index in [1.807, 2.05) is 6.92 Å². The van der Waals surface area contributed by atoms with E-state index < -0.39 is 0 Å². The maximum absolute atomic E-state index is 5.82. The predicted molar refractivity (Wildman–Crippen MR) is 93.3 cm³/mol. The monoisotopic (exact) mass is 332 g/mol. The fourth-order valence-electron chi connectivity index (χ4n) is 4.11. The first-order valence-corrected chi connectivity index (χ1v) is 9.38. The van der Waals surface area contributed by atoms with Gasteiger partial charge in [0.1, 0.15) is 17.5 Å². The topological polar surface area (TPSA) is 59.5 Å². The molecule has 1 spiro atoms. The molecule has 1 aromatic heterocycles. The van der Waals surface area contributed by atoms with Crippen molar-refractivity contribution in [2.75, 3.05) is 36.5 Å². The fourth-order valence-corrected chi connectivity index (χ4v) is 4.11. The molecule has 1 N–H and O–H groups in total. The highest BCUT2D eigenvalue weighted by molar-refractivity contribution is 5.50. The number of aryl methyl sites for hydroxylation is 1. The van der Waals surface area contributed by atoms with E-state index in [0.717, 1.165) is 56.6 Å². The number of nitrogens with one attached hydrogen (secondary N) is 1. The van der Waals surface area contributed by atoms with Crippen LogP contribution in [-0.2, 0) is 9.47 Å². The van der Waals surface area contributed by atoms with Gasteiger partial charge in [0.25, 0.3) is 0 Å². The van der Waals surface area contributed by atoms with Gasteiger partial charge in [-0.1, -0.05) is 19.3 Å². The van der Waals surface area contributed by atoms with Crippen LogP contribution < -0.4 is 10.2 Å². The van der Waals surface area contributed by atoms with Crippen molar-refractivity contribution in [2.24, 2.45) is 0 Å². The van der Waals surface area contributed by atoms with Crippen LogP contribution in [0.1, 0.15) is 50.8 Å². The van der Waals surface area contributed by atoms with Crippen molar-refractivity contribution in [1.82, 2.24) is 9.97 Å². The van der Waals surface area contributed by atoms with Gasteiger partial charge in [-0.05, 0) is 19.8 Å². The smallest absolute Gasteiger partial charge is 0.171 e. The lowest BCUT2D eigenvalue weighted by Gasteiger charge is -2.38. The Kier molecular flexibility index (Phi) is 4.59. The van der Waals surface area contributed by atoms with Gasteiger partial charge in [0, 0.05) is 38.0 Å². The number of rotatable bonds is 3. The van der Waals surface area contributed by atoms with Crippen LogP contribution >= 0.6 is 0 Å². The SMILES string of the molecule is Cc1nc(NC2CCCCC2)cc(N2CCC3(CC2)OCCO3)n1. The molecule has 24 heavy (non-hydrogen) atoms. The molecule has 3 fully saturated rings. The average Bonchev–Trinajstić information content (AvgIpc) is 3.04. The molecule has 0 unspecified atom stereocenters. The van der Waals surface area contributed by atoms with Crippen LogP contribution in [0.5, 0.6) is 0 Å². The number of anilines is 2. The number of hydrogen-bond donors (Lipinski definition) is 1. The molecular formula is C18H28N4O2. The second-order valence-electron chi connectivity index (χ2n) is 7.23. The van der Waals surface area contributed by atoms with Gasteiger partial charge in [-0.3, -0.25) is 0 Å². The van der Waals surface area contributed by atoms with Crippen LogP contribution in [0, 0.1) is 6.92 Å². The van der Waals surface area contributed by atoms with Crippen molar-refractivity contribution in [3.8, 4) is 0 Å². The van der Waals surface area contributed by atoms with Gasteiger partial charge >= 0.3 is 0 Å². The molecule has 0 radical (unpaired) electrons. The van der Waals surface area contributed by atoms with Gasteiger partial charge in [-0.15, -0.1) is 0 Å². The molecular weight excluding hydrogens is 304 g/mol. The van der Waals surface area contributed by atoms with Crippen molar-refractivity contribution < 1.29 is 9.47 Å². The summed E-state index contributed by atoms with van der Waals surface area (Å²) in [5, 5.41) is 3.62. The molecule has 3 aliphatic rings. The molecule has 132 valence electrons. The number of nitrogens with zero attached hydrogens (tertiary/aromatic N) is 3. The highest BCUT2D eigenvalue weighted by atomic mass is 16.7. The Morgan fingerprint density at radius 1 is 1.08 bits per heavy atom. The molecule has 4 rings (SSSR count). The summed E-state index contributed by atoms with van der Waals surface area (Å²) < 4.78 is 11.6. The summed E-state index contributed by atoms with van der Waals surface area (Å²) in [6.07, 6.45) is 8.32. The summed E-state index contributed by atoms with van der Waals surface area (Å²) >= 11 is 0. The molecule has 3 heterocycles. The molecule has 1 aromatic rings. The third-order valence-corrected chi connectivity index (χ3v) is 5.44. The summed E-state index contributed by atoms with van der Waals surface area (Å²) in [7, 11) is 0. The van der Waals surface area contributed by atoms with Crippen molar-refractivity contribution in [3.63, 3.8) is 0 Å². The molecule has 1 saturated carbocycles. The molecule has 6 heteroatoms. The lowest BCUT2D eigenvalue weighted by molar-refractivity contribution is -0.169. The van der Waals surface area contributed by atoms with Crippen molar-refractivity contribution in [1.29, 1.82) is 0 Å². The average molecular weight is 332 g/mol. The highest BCUT2D eigenvalue weighted by Gasteiger charge is 2.40. The maximum Gasteiger partial charge on any atom is 0.171 e. The lowest BCUT2D eigenvalue weighted by Crippen LogP contribution is -2.45. The maximum atomic E-state index is 5.82. The van der Waals surface area contributed by atoms with Gasteiger partial charge in [-0.2, -0.15) is 0 Å². The van der Waals surface area contributed by atoms with Gasteiger partial charge in [0.15, 0.2) is 5.79 Å². The summed E-state index contributed by atoms with van der Waals surface area (Å²) in [6.45, 7) is 5.26. The van der Waals surface area contributed by atoms with Crippen LogP contribution in [-0.4, -0.2) is 48.1 Å². The minimum Gasteiger partial charge on any atom is -0.367 e. The third-order valence-electron chi connectivity index (χ3n) is 5.44. The molecule has 0 atom stereocenters. The van der Waals surface area contributed by atoms with Gasteiger partial charge in [0.05, 0.1) is 13.2 Å².